The van der Waals surface area contributed by atoms with Gasteiger partial charge in [0.1, 0.15) is 0 Å². The summed E-state index contributed by atoms with van der Waals surface area (Å²) in [5.74, 6) is 0. The Balaban J connectivity index is 1.85. The lowest BCUT2D eigenvalue weighted by atomic mass is 10.1. The van der Waals surface area contributed by atoms with Crippen LogP contribution in [-0.4, -0.2) is 21.0 Å². The van der Waals surface area contributed by atoms with Crippen LogP contribution in [0.5, 0.6) is 0 Å². The maximum atomic E-state index is 12.5. The zero-order valence-corrected chi connectivity index (χ0v) is 12.2. The molecule has 1 saturated carbocycles. The molecule has 20 heavy (non-hydrogen) atoms. The Bertz CT molecular complexity index is 644. The summed E-state index contributed by atoms with van der Waals surface area (Å²) in [7, 11) is -3.33. The van der Waals surface area contributed by atoms with Crippen molar-refractivity contribution in [1.82, 2.24) is 5.32 Å². The van der Waals surface area contributed by atoms with Crippen LogP contribution in [0, 0.1) is 0 Å². The Morgan fingerprint density at radius 2 is 2.00 bits per heavy atom. The van der Waals surface area contributed by atoms with Gasteiger partial charge in [0.15, 0.2) is 0 Å². The van der Waals surface area contributed by atoms with Gasteiger partial charge in [0, 0.05) is 19.1 Å². The number of nitrogens with two attached hydrogens (primary N) is 1. The van der Waals surface area contributed by atoms with Crippen molar-refractivity contribution in [3.63, 3.8) is 0 Å². The molecule has 3 N–H and O–H groups in total. The molecular formula is C15H20N2O2S. The fraction of sp³-hybridized carbons (Fsp3) is 0.467. The summed E-state index contributed by atoms with van der Waals surface area (Å²) < 4.78 is 25.0. The predicted octanol–water partition coefficient (Wildman–Crippen LogP) is 1.81. The van der Waals surface area contributed by atoms with Gasteiger partial charge in [-0.25, -0.2) is 8.42 Å². The third-order valence-corrected chi connectivity index (χ3v) is 6.12. The highest BCUT2D eigenvalue weighted by Gasteiger charge is 2.30. The van der Waals surface area contributed by atoms with Crippen molar-refractivity contribution in [1.29, 1.82) is 0 Å². The molecule has 0 saturated heterocycles. The second kappa shape index (κ2) is 5.31. The highest BCUT2D eigenvalue weighted by Crippen LogP contribution is 2.34. The van der Waals surface area contributed by atoms with E-state index in [9.17, 15) is 8.42 Å². The van der Waals surface area contributed by atoms with Gasteiger partial charge in [0.2, 0.25) is 9.84 Å². The van der Waals surface area contributed by atoms with Crippen molar-refractivity contribution in [2.45, 2.75) is 43.2 Å². The summed E-state index contributed by atoms with van der Waals surface area (Å²) >= 11 is 0. The molecule has 0 atom stereocenters. The first-order valence-corrected chi connectivity index (χ1v) is 8.62. The molecule has 2 aliphatic rings. The largest absolute Gasteiger partial charge is 0.326 e. The van der Waals surface area contributed by atoms with Gasteiger partial charge >= 0.3 is 0 Å². The summed E-state index contributed by atoms with van der Waals surface area (Å²) in [6.07, 6.45) is 6.56. The first-order valence-electron chi connectivity index (χ1n) is 7.14. The maximum Gasteiger partial charge on any atom is 0.204 e. The Labute approximate surface area is 120 Å². The van der Waals surface area contributed by atoms with Gasteiger partial charge in [0.25, 0.3) is 0 Å². The maximum absolute atomic E-state index is 12.5. The first-order chi connectivity index (χ1) is 9.63. The van der Waals surface area contributed by atoms with E-state index in [1.165, 1.54) is 12.8 Å². The zero-order valence-electron chi connectivity index (χ0n) is 11.4. The van der Waals surface area contributed by atoms with E-state index in [0.29, 0.717) is 28.9 Å². The Kier molecular flexibility index (Phi) is 3.67. The van der Waals surface area contributed by atoms with Gasteiger partial charge < -0.3 is 11.1 Å². The molecule has 1 fully saturated rings. The molecule has 0 unspecified atom stereocenters. The quantitative estimate of drug-likeness (QED) is 0.887. The van der Waals surface area contributed by atoms with Crippen molar-refractivity contribution >= 4 is 15.9 Å². The number of rotatable bonds is 4. The van der Waals surface area contributed by atoms with Crippen LogP contribution in [0.4, 0.5) is 0 Å². The van der Waals surface area contributed by atoms with Crippen LogP contribution < -0.4 is 11.1 Å². The van der Waals surface area contributed by atoms with E-state index >= 15 is 0 Å². The minimum Gasteiger partial charge on any atom is -0.326 e. The number of sulfone groups is 1. The fourth-order valence-electron chi connectivity index (χ4n) is 3.07. The van der Waals surface area contributed by atoms with Crippen molar-refractivity contribution < 1.29 is 8.42 Å². The standard InChI is InChI=1S/C15H20N2O2S/c16-9-11-4-3-7-15-14(11)8-13(20(15,18)19)10-17-12-5-1-2-6-12/h3-4,7-8,12,17H,1-2,5-6,9-10,16H2. The summed E-state index contributed by atoms with van der Waals surface area (Å²) in [5, 5.41) is 3.37. The van der Waals surface area contributed by atoms with E-state index in [0.717, 1.165) is 24.0 Å². The molecule has 0 spiro atoms. The second-order valence-electron chi connectivity index (χ2n) is 5.51. The van der Waals surface area contributed by atoms with Crippen LogP contribution in [0.25, 0.3) is 6.08 Å². The van der Waals surface area contributed by atoms with Crippen LogP contribution in [0.1, 0.15) is 36.8 Å². The SMILES string of the molecule is NCc1cccc2c1C=C(CNC1CCCC1)S2(=O)=O. The van der Waals surface area contributed by atoms with Gasteiger partial charge in [0.05, 0.1) is 9.80 Å². The molecule has 1 aliphatic heterocycles. The third-order valence-electron chi connectivity index (χ3n) is 4.24. The smallest absolute Gasteiger partial charge is 0.204 e. The molecule has 1 aromatic carbocycles. The first kappa shape index (κ1) is 13.8. The molecule has 4 nitrogen and oxygen atoms in total. The number of hydrogen-bond acceptors (Lipinski definition) is 4. The van der Waals surface area contributed by atoms with E-state index in [1.807, 2.05) is 6.07 Å². The second-order valence-corrected chi connectivity index (χ2v) is 7.48. The summed E-state index contributed by atoms with van der Waals surface area (Å²) in [6.45, 7) is 0.782. The molecule has 5 heteroatoms. The fourth-order valence-corrected chi connectivity index (χ4v) is 4.63. The third kappa shape index (κ3) is 2.30. The van der Waals surface area contributed by atoms with Crippen LogP contribution in [-0.2, 0) is 16.4 Å². The van der Waals surface area contributed by atoms with Crippen LogP contribution in [0.3, 0.4) is 0 Å². The molecule has 1 aliphatic carbocycles. The number of fused-ring (bicyclic) bond motifs is 1. The molecule has 108 valence electrons. The monoisotopic (exact) mass is 292 g/mol. The minimum atomic E-state index is -3.33. The lowest BCUT2D eigenvalue weighted by molar-refractivity contribution is 0.550. The van der Waals surface area contributed by atoms with Crippen LogP contribution in [0.15, 0.2) is 28.0 Å². The molecule has 0 aromatic heterocycles. The Morgan fingerprint density at radius 1 is 1.25 bits per heavy atom. The number of nitrogens with one attached hydrogen (secondary N) is 1. The van der Waals surface area contributed by atoms with Gasteiger partial charge in [-0.15, -0.1) is 0 Å². The van der Waals surface area contributed by atoms with Crippen LogP contribution >= 0.6 is 0 Å². The number of benzene rings is 1. The molecule has 1 aromatic rings. The highest BCUT2D eigenvalue weighted by atomic mass is 32.2. The van der Waals surface area contributed by atoms with Crippen LogP contribution in [0.2, 0.25) is 0 Å². The Hall–Kier alpha value is -1.17. The van der Waals surface area contributed by atoms with Gasteiger partial charge in [-0.05, 0) is 36.1 Å². The van der Waals surface area contributed by atoms with E-state index in [2.05, 4.69) is 5.32 Å². The lowest BCUT2D eigenvalue weighted by Gasteiger charge is -2.12. The minimum absolute atomic E-state index is 0.360. The number of hydrogen-bond donors (Lipinski definition) is 2. The normalized spacial score (nSPS) is 20.9. The average Bonchev–Trinajstić information content (AvgIpc) is 3.03. The molecular weight excluding hydrogens is 272 g/mol. The van der Waals surface area contributed by atoms with E-state index in [-0.39, 0.29) is 0 Å². The van der Waals surface area contributed by atoms with Crippen molar-refractivity contribution in [3.05, 3.63) is 34.2 Å². The predicted molar refractivity (Wildman–Crippen MR) is 79.8 cm³/mol. The van der Waals surface area contributed by atoms with E-state index in [1.54, 1.807) is 18.2 Å². The summed E-state index contributed by atoms with van der Waals surface area (Å²) in [6, 6.07) is 5.78. The van der Waals surface area contributed by atoms with Crippen molar-refractivity contribution in [2.24, 2.45) is 5.73 Å². The van der Waals surface area contributed by atoms with E-state index in [4.69, 9.17) is 5.73 Å². The molecule has 0 amide bonds. The van der Waals surface area contributed by atoms with Gasteiger partial charge in [-0.3, -0.25) is 0 Å². The molecule has 0 radical (unpaired) electrons. The van der Waals surface area contributed by atoms with Gasteiger partial charge in [-0.2, -0.15) is 0 Å². The molecule has 3 rings (SSSR count). The Morgan fingerprint density at radius 3 is 2.70 bits per heavy atom. The summed E-state index contributed by atoms with van der Waals surface area (Å²) in [4.78, 5) is 0.879. The zero-order chi connectivity index (χ0) is 14.2. The van der Waals surface area contributed by atoms with E-state index < -0.39 is 9.84 Å². The summed E-state index contributed by atoms with van der Waals surface area (Å²) in [5.41, 5.74) is 7.36. The topological polar surface area (TPSA) is 72.2 Å². The lowest BCUT2D eigenvalue weighted by Crippen LogP contribution is -2.29. The average molecular weight is 292 g/mol. The molecule has 1 heterocycles. The van der Waals surface area contributed by atoms with Crippen molar-refractivity contribution in [2.75, 3.05) is 6.54 Å². The van der Waals surface area contributed by atoms with Crippen molar-refractivity contribution in [3.8, 4) is 0 Å². The highest BCUT2D eigenvalue weighted by molar-refractivity contribution is 7.95. The molecule has 0 bridgehead atoms. The van der Waals surface area contributed by atoms with Gasteiger partial charge in [-0.1, -0.05) is 25.0 Å².